The van der Waals surface area contributed by atoms with E-state index in [0.29, 0.717) is 12.4 Å². The molecule has 2 heterocycles. The van der Waals surface area contributed by atoms with Crippen molar-refractivity contribution in [3.05, 3.63) is 35.3 Å². The Kier molecular flexibility index (Phi) is 3.69. The van der Waals surface area contributed by atoms with Gasteiger partial charge in [-0.2, -0.15) is 5.10 Å². The van der Waals surface area contributed by atoms with Crippen LogP contribution in [0.15, 0.2) is 18.5 Å². The second-order valence-corrected chi connectivity index (χ2v) is 5.16. The first-order valence-corrected chi connectivity index (χ1v) is 7.22. The maximum Gasteiger partial charge on any atom is 0.224 e. The van der Waals surface area contributed by atoms with Crippen LogP contribution in [-0.2, 0) is 25.9 Å². The minimum absolute atomic E-state index is 0.443. The van der Waals surface area contributed by atoms with Crippen LogP contribution < -0.4 is 10.5 Å². The average Bonchev–Trinajstić information content (AvgIpc) is 3.07. The largest absolute Gasteiger partial charge is 0.435 e. The van der Waals surface area contributed by atoms with Gasteiger partial charge in [0.15, 0.2) is 5.75 Å². The highest BCUT2D eigenvalue weighted by Gasteiger charge is 2.17. The van der Waals surface area contributed by atoms with Crippen molar-refractivity contribution in [2.24, 2.45) is 5.73 Å². The first-order chi connectivity index (χ1) is 9.80. The smallest absolute Gasteiger partial charge is 0.224 e. The van der Waals surface area contributed by atoms with Crippen molar-refractivity contribution in [3.8, 4) is 11.6 Å². The lowest BCUT2D eigenvalue weighted by atomic mass is 10.1. The molecule has 5 nitrogen and oxygen atoms in total. The van der Waals surface area contributed by atoms with Crippen molar-refractivity contribution < 1.29 is 4.74 Å². The lowest BCUT2D eigenvalue weighted by molar-refractivity contribution is 0.453. The fraction of sp³-hybridized carbons (Fsp3) is 0.467. The summed E-state index contributed by atoms with van der Waals surface area (Å²) in [4.78, 5) is 4.64. The number of nitrogens with two attached hydrogens (primary N) is 1. The Bertz CT molecular complexity index is 606. The van der Waals surface area contributed by atoms with Crippen LogP contribution in [0, 0.1) is 0 Å². The van der Waals surface area contributed by atoms with Gasteiger partial charge in [0.25, 0.3) is 0 Å². The first-order valence-electron chi connectivity index (χ1n) is 7.22. The zero-order chi connectivity index (χ0) is 13.9. The van der Waals surface area contributed by atoms with Crippen molar-refractivity contribution in [3.63, 3.8) is 0 Å². The summed E-state index contributed by atoms with van der Waals surface area (Å²) in [5.41, 5.74) is 9.25. The number of nitrogens with zero attached hydrogens (tertiary/aromatic N) is 3. The molecule has 0 saturated heterocycles. The minimum Gasteiger partial charge on any atom is -0.435 e. The van der Waals surface area contributed by atoms with E-state index in [9.17, 15) is 0 Å². The van der Waals surface area contributed by atoms with Crippen molar-refractivity contribution >= 4 is 0 Å². The number of rotatable bonds is 5. The molecule has 0 aromatic carbocycles. The number of pyridine rings is 1. The first kappa shape index (κ1) is 13.1. The zero-order valence-corrected chi connectivity index (χ0v) is 11.8. The van der Waals surface area contributed by atoms with Crippen LogP contribution in [0.3, 0.4) is 0 Å². The molecular formula is C15H20N4O. The maximum atomic E-state index is 5.88. The summed E-state index contributed by atoms with van der Waals surface area (Å²) in [6, 6.07) is 2.14. The Morgan fingerprint density at radius 3 is 3.10 bits per heavy atom. The molecule has 3 rings (SSSR count). The molecule has 0 unspecified atom stereocenters. The number of aryl methyl sites for hydroxylation is 3. The summed E-state index contributed by atoms with van der Waals surface area (Å²) in [5.74, 6) is 1.35. The molecule has 0 aliphatic heterocycles. The molecule has 106 valence electrons. The van der Waals surface area contributed by atoms with Crippen LogP contribution in [0.5, 0.6) is 11.6 Å². The number of aromatic nitrogens is 3. The number of hydrogen-bond acceptors (Lipinski definition) is 4. The molecule has 5 heteroatoms. The van der Waals surface area contributed by atoms with Gasteiger partial charge >= 0.3 is 0 Å². The molecule has 0 fully saturated rings. The monoisotopic (exact) mass is 272 g/mol. The SMILES string of the molecule is CCCn1cc(Oc2nc3c(cc2CN)CCC3)cn1. The highest BCUT2D eigenvalue weighted by Crippen LogP contribution is 2.29. The molecule has 0 bridgehead atoms. The van der Waals surface area contributed by atoms with Crippen LogP contribution in [-0.4, -0.2) is 14.8 Å². The van der Waals surface area contributed by atoms with Gasteiger partial charge in [-0.15, -0.1) is 0 Å². The van der Waals surface area contributed by atoms with Gasteiger partial charge in [0.2, 0.25) is 5.88 Å². The van der Waals surface area contributed by atoms with Gasteiger partial charge in [-0.25, -0.2) is 4.98 Å². The topological polar surface area (TPSA) is 66.0 Å². The Morgan fingerprint density at radius 1 is 1.40 bits per heavy atom. The number of hydrogen-bond donors (Lipinski definition) is 1. The second-order valence-electron chi connectivity index (χ2n) is 5.16. The molecule has 2 N–H and O–H groups in total. The normalized spacial score (nSPS) is 13.5. The number of fused-ring (bicyclic) bond motifs is 1. The van der Waals surface area contributed by atoms with E-state index in [1.165, 1.54) is 12.0 Å². The molecular weight excluding hydrogens is 252 g/mol. The Balaban J connectivity index is 1.85. The highest BCUT2D eigenvalue weighted by atomic mass is 16.5. The van der Waals surface area contributed by atoms with Gasteiger partial charge in [-0.3, -0.25) is 4.68 Å². The Hall–Kier alpha value is -1.88. The van der Waals surface area contributed by atoms with E-state index in [0.717, 1.165) is 42.8 Å². The van der Waals surface area contributed by atoms with E-state index in [-0.39, 0.29) is 0 Å². The Labute approximate surface area is 118 Å². The fourth-order valence-electron chi connectivity index (χ4n) is 2.60. The summed E-state index contributed by atoms with van der Waals surface area (Å²) in [7, 11) is 0. The fourth-order valence-corrected chi connectivity index (χ4v) is 2.60. The van der Waals surface area contributed by atoms with Gasteiger partial charge in [0, 0.05) is 24.3 Å². The molecule has 2 aromatic rings. The van der Waals surface area contributed by atoms with Crippen LogP contribution in [0.1, 0.15) is 36.6 Å². The van der Waals surface area contributed by atoms with E-state index in [1.54, 1.807) is 6.20 Å². The van der Waals surface area contributed by atoms with Crippen LogP contribution in [0.25, 0.3) is 0 Å². The van der Waals surface area contributed by atoms with Crippen LogP contribution in [0.2, 0.25) is 0 Å². The summed E-state index contributed by atoms with van der Waals surface area (Å²) < 4.78 is 7.76. The lowest BCUT2D eigenvalue weighted by Crippen LogP contribution is -2.04. The van der Waals surface area contributed by atoms with Gasteiger partial charge < -0.3 is 10.5 Å². The molecule has 0 amide bonds. The predicted octanol–water partition coefficient (Wildman–Crippen LogP) is 2.43. The van der Waals surface area contributed by atoms with Crippen molar-refractivity contribution in [1.82, 2.24) is 14.8 Å². The van der Waals surface area contributed by atoms with Gasteiger partial charge in [0.05, 0.1) is 12.4 Å². The van der Waals surface area contributed by atoms with Gasteiger partial charge in [0.1, 0.15) is 0 Å². The zero-order valence-electron chi connectivity index (χ0n) is 11.8. The molecule has 0 saturated carbocycles. The van der Waals surface area contributed by atoms with Crippen LogP contribution >= 0.6 is 0 Å². The third-order valence-corrected chi connectivity index (χ3v) is 3.59. The van der Waals surface area contributed by atoms with E-state index in [1.807, 2.05) is 10.9 Å². The second kappa shape index (κ2) is 5.63. The van der Waals surface area contributed by atoms with Gasteiger partial charge in [-0.05, 0) is 37.3 Å². The van der Waals surface area contributed by atoms with E-state index < -0.39 is 0 Å². The predicted molar refractivity (Wildman–Crippen MR) is 76.7 cm³/mol. The molecule has 0 spiro atoms. The molecule has 0 atom stereocenters. The number of ether oxygens (including phenoxy) is 1. The summed E-state index contributed by atoms with van der Waals surface area (Å²) in [6.07, 6.45) is 7.98. The highest BCUT2D eigenvalue weighted by molar-refractivity contribution is 5.38. The van der Waals surface area contributed by atoms with Gasteiger partial charge in [-0.1, -0.05) is 6.92 Å². The molecule has 20 heavy (non-hydrogen) atoms. The molecule has 0 radical (unpaired) electrons. The molecule has 1 aliphatic carbocycles. The third kappa shape index (κ3) is 2.54. The maximum absolute atomic E-state index is 5.88. The van der Waals surface area contributed by atoms with Crippen LogP contribution in [0.4, 0.5) is 0 Å². The van der Waals surface area contributed by atoms with E-state index in [4.69, 9.17) is 10.5 Å². The van der Waals surface area contributed by atoms with Crippen molar-refractivity contribution in [2.45, 2.75) is 45.7 Å². The van der Waals surface area contributed by atoms with E-state index >= 15 is 0 Å². The molecule has 1 aliphatic rings. The standard InChI is InChI=1S/C15H20N4O/c1-2-6-19-10-13(9-17-19)20-15-12(8-16)7-11-4-3-5-14(11)18-15/h7,9-10H,2-6,8,16H2,1H3. The van der Waals surface area contributed by atoms with E-state index in [2.05, 4.69) is 23.1 Å². The molecule has 2 aromatic heterocycles. The summed E-state index contributed by atoms with van der Waals surface area (Å²) >= 11 is 0. The summed E-state index contributed by atoms with van der Waals surface area (Å²) in [6.45, 7) is 3.46. The lowest BCUT2D eigenvalue weighted by Gasteiger charge is -2.10. The third-order valence-electron chi connectivity index (χ3n) is 3.59. The van der Waals surface area contributed by atoms with Crippen molar-refractivity contribution in [1.29, 1.82) is 0 Å². The summed E-state index contributed by atoms with van der Waals surface area (Å²) in [5, 5.41) is 4.26. The Morgan fingerprint density at radius 2 is 2.30 bits per heavy atom. The van der Waals surface area contributed by atoms with Crippen molar-refractivity contribution in [2.75, 3.05) is 0 Å². The quantitative estimate of drug-likeness (QED) is 0.907. The average molecular weight is 272 g/mol. The minimum atomic E-state index is 0.443.